The molecule has 0 aliphatic carbocycles. The fraction of sp³-hybridized carbons (Fsp3) is 0.538. The molecule has 0 heterocycles. The van der Waals surface area contributed by atoms with Crippen LogP contribution in [0.2, 0.25) is 0 Å². The lowest BCUT2D eigenvalue weighted by Crippen LogP contribution is -2.44. The Balaban J connectivity index is 2.97. The van der Waals surface area contributed by atoms with E-state index in [1.54, 1.807) is 7.11 Å². The lowest BCUT2D eigenvalue weighted by atomic mass is 9.82. The first-order chi connectivity index (χ1) is 7.50. The quantitative estimate of drug-likeness (QED) is 0.607. The fourth-order valence-corrected chi connectivity index (χ4v) is 2.01. The van der Waals surface area contributed by atoms with Crippen LogP contribution in [0.15, 0.2) is 30.3 Å². The molecule has 2 unspecified atom stereocenters. The summed E-state index contributed by atoms with van der Waals surface area (Å²) in [6.45, 7) is 6.44. The summed E-state index contributed by atoms with van der Waals surface area (Å²) in [6, 6.07) is 10.1. The average Bonchev–Trinajstić information content (AvgIpc) is 2.25. The second-order valence-corrected chi connectivity index (χ2v) is 5.08. The summed E-state index contributed by atoms with van der Waals surface area (Å²) in [7, 11) is 1.73. The van der Waals surface area contributed by atoms with E-state index in [1.807, 2.05) is 18.2 Å². The lowest BCUT2D eigenvalue weighted by Gasteiger charge is -2.35. The Morgan fingerprint density at radius 3 is 2.12 bits per heavy atom. The summed E-state index contributed by atoms with van der Waals surface area (Å²) in [5.41, 5.74) is 4.03. The van der Waals surface area contributed by atoms with Gasteiger partial charge in [0, 0.05) is 7.11 Å². The molecule has 0 aliphatic rings. The van der Waals surface area contributed by atoms with E-state index >= 15 is 0 Å². The minimum atomic E-state index is 0.00574. The van der Waals surface area contributed by atoms with Crippen molar-refractivity contribution in [1.82, 2.24) is 5.43 Å². The third-order valence-corrected chi connectivity index (χ3v) is 2.75. The first-order valence-corrected chi connectivity index (χ1v) is 5.54. The van der Waals surface area contributed by atoms with Gasteiger partial charge in [-0.25, -0.2) is 0 Å². The summed E-state index contributed by atoms with van der Waals surface area (Å²) >= 11 is 0. The molecule has 0 bridgehead atoms. The predicted octanol–water partition coefficient (Wildman–Crippen LogP) is 2.25. The van der Waals surface area contributed by atoms with Crippen LogP contribution in [-0.2, 0) is 4.74 Å². The van der Waals surface area contributed by atoms with Gasteiger partial charge in [0.15, 0.2) is 0 Å². The van der Waals surface area contributed by atoms with Crippen molar-refractivity contribution in [3.63, 3.8) is 0 Å². The predicted molar refractivity (Wildman–Crippen MR) is 66.8 cm³/mol. The molecule has 0 aliphatic heterocycles. The van der Waals surface area contributed by atoms with E-state index in [2.05, 4.69) is 38.3 Å². The zero-order valence-corrected chi connectivity index (χ0v) is 10.5. The molecule has 0 saturated heterocycles. The largest absolute Gasteiger partial charge is 0.379 e. The molecule has 3 N–H and O–H groups in total. The van der Waals surface area contributed by atoms with Gasteiger partial charge >= 0.3 is 0 Å². The minimum absolute atomic E-state index is 0.00574. The highest BCUT2D eigenvalue weighted by Gasteiger charge is 2.32. The van der Waals surface area contributed by atoms with Gasteiger partial charge in [-0.15, -0.1) is 0 Å². The SMILES string of the molecule is COC(C(NN)c1ccccc1)C(C)(C)C. The molecule has 1 rings (SSSR count). The number of ether oxygens (including phenoxy) is 1. The van der Waals surface area contributed by atoms with Crippen molar-refractivity contribution in [3.8, 4) is 0 Å². The molecule has 3 heteroatoms. The van der Waals surface area contributed by atoms with Crippen molar-refractivity contribution in [2.24, 2.45) is 11.3 Å². The Hall–Kier alpha value is -0.900. The zero-order chi connectivity index (χ0) is 12.2. The highest BCUT2D eigenvalue weighted by atomic mass is 16.5. The molecule has 1 aromatic carbocycles. The van der Waals surface area contributed by atoms with Crippen LogP contribution in [0.1, 0.15) is 32.4 Å². The van der Waals surface area contributed by atoms with Crippen LogP contribution >= 0.6 is 0 Å². The molecule has 0 fully saturated rings. The molecule has 0 radical (unpaired) electrons. The monoisotopic (exact) mass is 222 g/mol. The van der Waals surface area contributed by atoms with Crippen molar-refractivity contribution in [2.45, 2.75) is 32.9 Å². The van der Waals surface area contributed by atoms with E-state index in [-0.39, 0.29) is 17.6 Å². The van der Waals surface area contributed by atoms with E-state index in [4.69, 9.17) is 10.6 Å². The number of hydrogen-bond acceptors (Lipinski definition) is 3. The lowest BCUT2D eigenvalue weighted by molar-refractivity contribution is -0.0120. The molecule has 1 aromatic rings. The van der Waals surface area contributed by atoms with Gasteiger partial charge in [0.05, 0.1) is 12.1 Å². The maximum Gasteiger partial charge on any atom is 0.0827 e. The van der Waals surface area contributed by atoms with Crippen LogP contribution in [0.3, 0.4) is 0 Å². The van der Waals surface area contributed by atoms with Crippen LogP contribution in [-0.4, -0.2) is 13.2 Å². The summed E-state index contributed by atoms with van der Waals surface area (Å²) in [5, 5.41) is 0. The van der Waals surface area contributed by atoms with Gasteiger partial charge < -0.3 is 4.74 Å². The van der Waals surface area contributed by atoms with E-state index in [1.165, 1.54) is 0 Å². The number of nitrogens with one attached hydrogen (secondary N) is 1. The van der Waals surface area contributed by atoms with Crippen LogP contribution in [0.5, 0.6) is 0 Å². The van der Waals surface area contributed by atoms with Gasteiger partial charge in [-0.05, 0) is 11.0 Å². The summed E-state index contributed by atoms with van der Waals surface area (Å²) in [4.78, 5) is 0. The van der Waals surface area contributed by atoms with E-state index in [0.717, 1.165) is 5.56 Å². The average molecular weight is 222 g/mol. The Morgan fingerprint density at radius 1 is 1.19 bits per heavy atom. The van der Waals surface area contributed by atoms with E-state index in [0.29, 0.717) is 0 Å². The van der Waals surface area contributed by atoms with Crippen molar-refractivity contribution in [1.29, 1.82) is 0 Å². The molecular formula is C13H22N2O. The van der Waals surface area contributed by atoms with Gasteiger partial charge in [-0.1, -0.05) is 51.1 Å². The fourth-order valence-electron chi connectivity index (χ4n) is 2.01. The van der Waals surface area contributed by atoms with Crippen LogP contribution in [0.25, 0.3) is 0 Å². The first-order valence-electron chi connectivity index (χ1n) is 5.54. The Kier molecular flexibility index (Phi) is 4.47. The third-order valence-electron chi connectivity index (χ3n) is 2.75. The van der Waals surface area contributed by atoms with Gasteiger partial charge in [0.1, 0.15) is 0 Å². The summed E-state index contributed by atoms with van der Waals surface area (Å²) in [5.74, 6) is 5.65. The summed E-state index contributed by atoms with van der Waals surface area (Å²) in [6.07, 6.45) is 0.0277. The smallest absolute Gasteiger partial charge is 0.0827 e. The zero-order valence-electron chi connectivity index (χ0n) is 10.5. The maximum atomic E-state index is 5.65. The number of rotatable bonds is 4. The molecule has 3 nitrogen and oxygen atoms in total. The molecule has 90 valence electrons. The highest BCUT2D eigenvalue weighted by Crippen LogP contribution is 2.31. The van der Waals surface area contributed by atoms with Crippen LogP contribution in [0.4, 0.5) is 0 Å². The van der Waals surface area contributed by atoms with E-state index < -0.39 is 0 Å². The van der Waals surface area contributed by atoms with Gasteiger partial charge in [-0.2, -0.15) is 0 Å². The molecule has 0 spiro atoms. The number of hydrazine groups is 1. The van der Waals surface area contributed by atoms with Gasteiger partial charge in [0.2, 0.25) is 0 Å². The number of hydrogen-bond donors (Lipinski definition) is 2. The Labute approximate surface area is 98.0 Å². The topological polar surface area (TPSA) is 47.3 Å². The van der Waals surface area contributed by atoms with Crippen molar-refractivity contribution < 1.29 is 4.74 Å². The van der Waals surface area contributed by atoms with E-state index in [9.17, 15) is 0 Å². The summed E-state index contributed by atoms with van der Waals surface area (Å²) < 4.78 is 5.58. The Bertz CT molecular complexity index is 305. The molecule has 0 amide bonds. The van der Waals surface area contributed by atoms with Crippen molar-refractivity contribution >= 4 is 0 Å². The first kappa shape index (κ1) is 13.2. The second kappa shape index (κ2) is 5.43. The van der Waals surface area contributed by atoms with Gasteiger partial charge in [-0.3, -0.25) is 11.3 Å². The normalized spacial score (nSPS) is 15.8. The Morgan fingerprint density at radius 2 is 1.75 bits per heavy atom. The van der Waals surface area contributed by atoms with Crippen molar-refractivity contribution in [2.75, 3.05) is 7.11 Å². The number of methoxy groups -OCH3 is 1. The minimum Gasteiger partial charge on any atom is -0.379 e. The molecule has 16 heavy (non-hydrogen) atoms. The van der Waals surface area contributed by atoms with Crippen molar-refractivity contribution in [3.05, 3.63) is 35.9 Å². The van der Waals surface area contributed by atoms with Crippen LogP contribution in [0, 0.1) is 5.41 Å². The third kappa shape index (κ3) is 3.04. The van der Waals surface area contributed by atoms with Crippen LogP contribution < -0.4 is 11.3 Å². The standard InChI is InChI=1S/C13H22N2O/c1-13(2,3)12(16-4)11(15-14)10-8-6-5-7-9-10/h5-9,11-12,15H,14H2,1-4H3. The molecular weight excluding hydrogens is 200 g/mol. The second-order valence-electron chi connectivity index (χ2n) is 5.08. The number of nitrogens with two attached hydrogens (primary N) is 1. The molecule has 2 atom stereocenters. The molecule has 0 aromatic heterocycles. The molecule has 0 saturated carbocycles. The van der Waals surface area contributed by atoms with Gasteiger partial charge in [0.25, 0.3) is 0 Å². The number of benzene rings is 1. The highest BCUT2D eigenvalue weighted by molar-refractivity contribution is 5.20. The maximum absolute atomic E-state index is 5.65.